The standard InChI is InChI=1S/C18H13ClN6O4/c19-12-7-6-11(8-14(12)25(28)29)16(27)21-17-22-18-20-15(26)9-13(24(18)23-17)10-4-2-1-3-5-10/h1-8,13H,9H2,(H2,20,21,22,23,26,27). The lowest BCUT2D eigenvalue weighted by Gasteiger charge is -2.23. The lowest BCUT2D eigenvalue weighted by Crippen LogP contribution is -2.29. The number of carbonyl (C=O) groups excluding carboxylic acids is 2. The van der Waals surface area contributed by atoms with Gasteiger partial charge < -0.3 is 0 Å². The number of nitrogens with one attached hydrogen (secondary N) is 2. The SMILES string of the molecule is O=C1CC(c2ccccc2)n2nc(NC(=O)c3ccc(Cl)c([N+](=O)[O-])c3)nc2N1. The third-order valence-electron chi connectivity index (χ3n) is 4.37. The van der Waals surface area contributed by atoms with Crippen molar-refractivity contribution in [3.8, 4) is 0 Å². The molecule has 0 bridgehead atoms. The van der Waals surface area contributed by atoms with Gasteiger partial charge in [-0.1, -0.05) is 41.9 Å². The summed E-state index contributed by atoms with van der Waals surface area (Å²) in [5, 5.41) is 20.3. The molecular formula is C18H13ClN6O4. The number of amides is 2. The van der Waals surface area contributed by atoms with Gasteiger partial charge in [0.25, 0.3) is 17.5 Å². The molecule has 2 amide bonds. The summed E-state index contributed by atoms with van der Waals surface area (Å²) >= 11 is 5.77. The number of hydrogen-bond acceptors (Lipinski definition) is 6. The minimum Gasteiger partial charge on any atom is -0.295 e. The Bertz CT molecular complexity index is 1130. The van der Waals surface area contributed by atoms with E-state index in [1.165, 1.54) is 16.8 Å². The second kappa shape index (κ2) is 7.32. The Labute approximate surface area is 168 Å². The number of nitro benzene ring substituents is 1. The molecule has 0 fully saturated rings. The Morgan fingerprint density at radius 2 is 2.03 bits per heavy atom. The summed E-state index contributed by atoms with van der Waals surface area (Å²) in [5.41, 5.74) is 0.519. The predicted octanol–water partition coefficient (Wildman–Crippen LogP) is 3.02. The molecule has 29 heavy (non-hydrogen) atoms. The number of hydrogen-bond donors (Lipinski definition) is 2. The third-order valence-corrected chi connectivity index (χ3v) is 4.69. The van der Waals surface area contributed by atoms with Crippen LogP contribution >= 0.6 is 11.6 Å². The van der Waals surface area contributed by atoms with Crippen LogP contribution in [-0.2, 0) is 4.79 Å². The average molecular weight is 413 g/mol. The lowest BCUT2D eigenvalue weighted by molar-refractivity contribution is -0.384. The molecule has 1 unspecified atom stereocenters. The van der Waals surface area contributed by atoms with Gasteiger partial charge in [0.05, 0.1) is 17.4 Å². The highest BCUT2D eigenvalue weighted by Gasteiger charge is 2.29. The summed E-state index contributed by atoms with van der Waals surface area (Å²) in [6.45, 7) is 0. The Balaban J connectivity index is 1.62. The van der Waals surface area contributed by atoms with Crippen LogP contribution in [0.3, 0.4) is 0 Å². The topological polar surface area (TPSA) is 132 Å². The van der Waals surface area contributed by atoms with E-state index in [1.807, 2.05) is 30.3 Å². The number of nitrogens with zero attached hydrogens (tertiary/aromatic N) is 4. The summed E-state index contributed by atoms with van der Waals surface area (Å²) in [5.74, 6) is -0.696. The molecule has 11 heteroatoms. The molecule has 0 saturated heterocycles. The Kier molecular flexibility index (Phi) is 4.69. The van der Waals surface area contributed by atoms with Crippen LogP contribution < -0.4 is 10.6 Å². The second-order valence-corrected chi connectivity index (χ2v) is 6.67. The van der Waals surface area contributed by atoms with Gasteiger partial charge in [-0.25, -0.2) is 4.68 Å². The average Bonchev–Trinajstić information content (AvgIpc) is 3.10. The quantitative estimate of drug-likeness (QED) is 0.500. The van der Waals surface area contributed by atoms with E-state index in [1.54, 1.807) is 0 Å². The van der Waals surface area contributed by atoms with E-state index in [-0.39, 0.29) is 46.5 Å². The van der Waals surface area contributed by atoms with Crippen molar-refractivity contribution in [1.82, 2.24) is 14.8 Å². The monoisotopic (exact) mass is 412 g/mol. The highest BCUT2D eigenvalue weighted by Crippen LogP contribution is 2.30. The van der Waals surface area contributed by atoms with Crippen LogP contribution in [0, 0.1) is 10.1 Å². The van der Waals surface area contributed by atoms with Crippen molar-refractivity contribution >= 4 is 41.0 Å². The van der Waals surface area contributed by atoms with E-state index in [2.05, 4.69) is 20.7 Å². The first-order valence-corrected chi connectivity index (χ1v) is 8.87. The summed E-state index contributed by atoms with van der Waals surface area (Å²) in [4.78, 5) is 39.0. The van der Waals surface area contributed by atoms with Crippen molar-refractivity contribution in [2.45, 2.75) is 12.5 Å². The molecule has 2 heterocycles. The smallest absolute Gasteiger partial charge is 0.288 e. The van der Waals surface area contributed by atoms with Gasteiger partial charge in [0, 0.05) is 11.6 Å². The molecule has 0 saturated carbocycles. The third kappa shape index (κ3) is 3.65. The zero-order valence-electron chi connectivity index (χ0n) is 14.7. The summed E-state index contributed by atoms with van der Waals surface area (Å²) < 4.78 is 1.52. The molecule has 3 aromatic rings. The number of nitro groups is 1. The van der Waals surface area contributed by atoms with Crippen LogP contribution in [0.5, 0.6) is 0 Å². The van der Waals surface area contributed by atoms with Gasteiger partial charge in [-0.05, 0) is 17.7 Å². The van der Waals surface area contributed by atoms with E-state index >= 15 is 0 Å². The van der Waals surface area contributed by atoms with Gasteiger partial charge in [0.2, 0.25) is 11.9 Å². The molecule has 0 aliphatic carbocycles. The zero-order chi connectivity index (χ0) is 20.5. The van der Waals surface area contributed by atoms with Crippen LogP contribution in [0.4, 0.5) is 17.6 Å². The molecule has 4 rings (SSSR count). The Hall–Kier alpha value is -3.79. The molecule has 0 spiro atoms. The van der Waals surface area contributed by atoms with Crippen LogP contribution in [0.25, 0.3) is 0 Å². The zero-order valence-corrected chi connectivity index (χ0v) is 15.5. The maximum absolute atomic E-state index is 12.5. The van der Waals surface area contributed by atoms with E-state index in [0.717, 1.165) is 11.6 Å². The Morgan fingerprint density at radius 3 is 2.76 bits per heavy atom. The fraction of sp³-hybridized carbons (Fsp3) is 0.111. The van der Waals surface area contributed by atoms with Crippen molar-refractivity contribution in [2.75, 3.05) is 10.6 Å². The van der Waals surface area contributed by atoms with Crippen molar-refractivity contribution in [2.24, 2.45) is 0 Å². The van der Waals surface area contributed by atoms with Crippen LogP contribution in [-0.4, -0.2) is 31.5 Å². The van der Waals surface area contributed by atoms with Gasteiger partial charge in [0.1, 0.15) is 5.02 Å². The van der Waals surface area contributed by atoms with E-state index in [0.29, 0.717) is 0 Å². The van der Waals surface area contributed by atoms with Crippen LogP contribution in [0.15, 0.2) is 48.5 Å². The first-order valence-electron chi connectivity index (χ1n) is 8.49. The molecule has 2 aromatic carbocycles. The minimum absolute atomic E-state index is 0.0255. The van der Waals surface area contributed by atoms with Gasteiger partial charge in [-0.15, -0.1) is 5.10 Å². The number of benzene rings is 2. The van der Waals surface area contributed by atoms with Gasteiger partial charge >= 0.3 is 0 Å². The van der Waals surface area contributed by atoms with Gasteiger partial charge in [-0.3, -0.25) is 30.3 Å². The van der Waals surface area contributed by atoms with E-state index < -0.39 is 10.8 Å². The van der Waals surface area contributed by atoms with Gasteiger partial charge in [-0.2, -0.15) is 4.98 Å². The molecule has 1 aliphatic rings. The minimum atomic E-state index is -0.674. The fourth-order valence-electron chi connectivity index (χ4n) is 3.02. The molecule has 1 atom stereocenters. The molecule has 10 nitrogen and oxygen atoms in total. The van der Waals surface area contributed by atoms with Crippen molar-refractivity contribution in [3.05, 3.63) is 74.8 Å². The fourth-order valence-corrected chi connectivity index (χ4v) is 3.20. The van der Waals surface area contributed by atoms with E-state index in [4.69, 9.17) is 11.6 Å². The number of carbonyl (C=O) groups is 2. The summed E-state index contributed by atoms with van der Waals surface area (Å²) in [6.07, 6.45) is 0.178. The first kappa shape index (κ1) is 18.6. The largest absolute Gasteiger partial charge is 0.295 e. The predicted molar refractivity (Wildman–Crippen MR) is 104 cm³/mol. The molecule has 146 valence electrons. The number of fused-ring (bicyclic) bond motifs is 1. The molecule has 1 aliphatic heterocycles. The van der Waals surface area contributed by atoms with Gasteiger partial charge in [0.15, 0.2) is 0 Å². The van der Waals surface area contributed by atoms with Crippen LogP contribution in [0.1, 0.15) is 28.4 Å². The molecular weight excluding hydrogens is 400 g/mol. The highest BCUT2D eigenvalue weighted by molar-refractivity contribution is 6.32. The molecule has 1 aromatic heterocycles. The maximum atomic E-state index is 12.5. The summed E-state index contributed by atoms with van der Waals surface area (Å²) in [6, 6.07) is 12.7. The maximum Gasteiger partial charge on any atom is 0.288 e. The first-order chi connectivity index (χ1) is 13.9. The van der Waals surface area contributed by atoms with Crippen molar-refractivity contribution in [3.63, 3.8) is 0 Å². The lowest BCUT2D eigenvalue weighted by atomic mass is 10.0. The normalized spacial score (nSPS) is 15.3. The van der Waals surface area contributed by atoms with Crippen molar-refractivity contribution in [1.29, 1.82) is 0 Å². The van der Waals surface area contributed by atoms with E-state index in [9.17, 15) is 19.7 Å². The Morgan fingerprint density at radius 1 is 1.28 bits per heavy atom. The highest BCUT2D eigenvalue weighted by atomic mass is 35.5. The number of halogens is 1. The number of aromatic nitrogens is 3. The second-order valence-electron chi connectivity index (χ2n) is 6.26. The molecule has 0 radical (unpaired) electrons. The van der Waals surface area contributed by atoms with Crippen LogP contribution in [0.2, 0.25) is 5.02 Å². The number of anilines is 2. The summed E-state index contributed by atoms with van der Waals surface area (Å²) in [7, 11) is 0. The molecule has 2 N–H and O–H groups in total. The number of rotatable bonds is 4. The van der Waals surface area contributed by atoms with Crippen molar-refractivity contribution < 1.29 is 14.5 Å².